The van der Waals surface area contributed by atoms with Crippen molar-refractivity contribution in [3.05, 3.63) is 0 Å². The number of ketones is 1. The van der Waals surface area contributed by atoms with Crippen LogP contribution in [-0.4, -0.2) is 30.7 Å². The van der Waals surface area contributed by atoms with Gasteiger partial charge in [0.2, 0.25) is 5.91 Å². The largest absolute Gasteiger partial charge is 0.349 e. The molecule has 0 N–H and O–H groups in total. The van der Waals surface area contributed by atoms with Gasteiger partial charge in [-0.3, -0.25) is 4.79 Å². The fourth-order valence-corrected chi connectivity index (χ4v) is 0. The molecule has 0 rings (SSSR count). The Bertz CT molecular complexity index is 120. The molecule has 0 aromatic heterocycles. The van der Waals surface area contributed by atoms with Crippen molar-refractivity contribution < 1.29 is 32.0 Å². The molecule has 0 saturated carbocycles. The maximum atomic E-state index is 10.1. The van der Waals surface area contributed by atoms with Crippen molar-refractivity contribution in [2.45, 2.75) is 20.8 Å². The van der Waals surface area contributed by atoms with E-state index in [0.717, 1.165) is 0 Å². The summed E-state index contributed by atoms with van der Waals surface area (Å²) in [6, 6.07) is 0. The Kier molecular flexibility index (Phi) is 15.4. The van der Waals surface area contributed by atoms with E-state index in [1.807, 2.05) is 0 Å². The predicted octanol–water partition coefficient (Wildman–Crippen LogP) is 0.687. The van der Waals surface area contributed by atoms with Gasteiger partial charge in [-0.05, 0) is 13.8 Å². The first-order chi connectivity index (χ1) is 4.37. The van der Waals surface area contributed by atoms with Gasteiger partial charge in [0.25, 0.3) is 0 Å². The zero-order valence-corrected chi connectivity index (χ0v) is 9.73. The third kappa shape index (κ3) is 40.8. The van der Waals surface area contributed by atoms with Gasteiger partial charge in [-0.1, -0.05) is 0 Å². The second kappa shape index (κ2) is 9.88. The van der Waals surface area contributed by atoms with Gasteiger partial charge >= 0.3 is 0 Å². The van der Waals surface area contributed by atoms with E-state index in [1.54, 1.807) is 14.1 Å². The van der Waals surface area contributed by atoms with Crippen LogP contribution in [0.1, 0.15) is 20.8 Å². The van der Waals surface area contributed by atoms with Gasteiger partial charge in [-0.15, -0.1) is 0 Å². The fraction of sp³-hybridized carbons (Fsp3) is 0.714. The molecule has 0 aliphatic heterocycles. The molecule has 0 aliphatic rings. The average Bonchev–Trinajstić information content (AvgIpc) is 1.63. The van der Waals surface area contributed by atoms with Crippen molar-refractivity contribution in [2.24, 2.45) is 0 Å². The van der Waals surface area contributed by atoms with Crippen LogP contribution in [0.5, 0.6) is 0 Å². The second-order valence-electron chi connectivity index (χ2n) is 2.32. The molecule has 0 atom stereocenters. The quantitative estimate of drug-likeness (QED) is 0.608. The molecule has 0 fully saturated rings. The van der Waals surface area contributed by atoms with E-state index in [4.69, 9.17) is 0 Å². The first-order valence-corrected chi connectivity index (χ1v) is 3.03. The molecule has 0 bridgehead atoms. The van der Waals surface area contributed by atoms with Crippen LogP contribution in [0.3, 0.4) is 0 Å². The van der Waals surface area contributed by atoms with Gasteiger partial charge in [0.15, 0.2) is 0 Å². The molecule has 3 nitrogen and oxygen atoms in total. The molecule has 0 spiro atoms. The van der Waals surface area contributed by atoms with Crippen molar-refractivity contribution in [2.75, 3.05) is 14.1 Å². The normalized spacial score (nSPS) is 6.64. The molecule has 0 aromatic carbocycles. The van der Waals surface area contributed by atoms with Gasteiger partial charge in [-0.25, -0.2) is 0 Å². The third-order valence-corrected chi connectivity index (χ3v) is 0.630. The van der Waals surface area contributed by atoms with E-state index in [9.17, 15) is 9.59 Å². The van der Waals surface area contributed by atoms with Gasteiger partial charge in [-0.2, -0.15) is 0 Å². The monoisotopic (exact) mass is 342 g/mol. The molecule has 71 valence electrons. The van der Waals surface area contributed by atoms with Crippen LogP contribution in [0.2, 0.25) is 0 Å². The number of amides is 1. The molecule has 0 aromatic rings. The number of hydrogen-bond donors (Lipinski definition) is 0. The van der Waals surface area contributed by atoms with Crippen LogP contribution < -0.4 is 0 Å². The topological polar surface area (TPSA) is 37.4 Å². The Labute approximate surface area is 83.7 Å². The Morgan fingerprint density at radius 1 is 1.00 bits per heavy atom. The van der Waals surface area contributed by atoms with Crippen molar-refractivity contribution in [3.8, 4) is 0 Å². The van der Waals surface area contributed by atoms with Gasteiger partial charge in [0.05, 0.1) is 0 Å². The summed E-state index contributed by atoms with van der Waals surface area (Å²) in [5, 5.41) is 0. The summed E-state index contributed by atoms with van der Waals surface area (Å²) in [6.07, 6.45) is 0. The molecule has 0 aliphatic carbocycles. The molecular formula is C7H15AuNO2. The van der Waals surface area contributed by atoms with E-state index in [2.05, 4.69) is 0 Å². The van der Waals surface area contributed by atoms with E-state index in [0.29, 0.717) is 0 Å². The van der Waals surface area contributed by atoms with Crippen molar-refractivity contribution >= 4 is 11.7 Å². The number of Topliss-reactive ketones (excluding diaryl/α,β-unsaturated/α-hetero) is 1. The van der Waals surface area contributed by atoms with Gasteiger partial charge < -0.3 is 9.69 Å². The summed E-state index contributed by atoms with van der Waals surface area (Å²) in [7, 11) is 3.45. The summed E-state index contributed by atoms with van der Waals surface area (Å²) in [4.78, 5) is 21.0. The molecule has 0 heterocycles. The number of rotatable bonds is 0. The molecule has 1 amide bonds. The zero-order valence-electron chi connectivity index (χ0n) is 7.57. The smallest absolute Gasteiger partial charge is 0.218 e. The summed E-state index contributed by atoms with van der Waals surface area (Å²) in [6.45, 7) is 4.58. The summed E-state index contributed by atoms with van der Waals surface area (Å²) < 4.78 is 0. The number of carbonyl (C=O) groups excluding carboxylic acids is 2. The molecule has 4 heteroatoms. The minimum Gasteiger partial charge on any atom is -0.349 e. The van der Waals surface area contributed by atoms with Gasteiger partial charge in [0.1, 0.15) is 5.78 Å². The van der Waals surface area contributed by atoms with E-state index in [1.165, 1.54) is 25.7 Å². The van der Waals surface area contributed by atoms with Gasteiger partial charge in [0, 0.05) is 43.4 Å². The maximum absolute atomic E-state index is 10.1. The molecule has 11 heavy (non-hydrogen) atoms. The molecular weight excluding hydrogens is 327 g/mol. The summed E-state index contributed by atoms with van der Waals surface area (Å²) >= 11 is 0. The van der Waals surface area contributed by atoms with Crippen LogP contribution in [0.25, 0.3) is 0 Å². The molecule has 0 saturated heterocycles. The third-order valence-electron chi connectivity index (χ3n) is 0.630. The van der Waals surface area contributed by atoms with E-state index in [-0.39, 0.29) is 34.1 Å². The Morgan fingerprint density at radius 2 is 1.09 bits per heavy atom. The van der Waals surface area contributed by atoms with Crippen molar-refractivity contribution in [1.29, 1.82) is 0 Å². The number of hydrogen-bond acceptors (Lipinski definition) is 2. The SMILES string of the molecule is CC(=O)N(C)C.CC(C)=O.[Au]. The van der Waals surface area contributed by atoms with Crippen molar-refractivity contribution in [3.63, 3.8) is 0 Å². The molecule has 0 unspecified atom stereocenters. The number of carbonyl (C=O) groups is 2. The first kappa shape index (κ1) is 17.1. The molecule has 1 radical (unpaired) electrons. The standard InChI is InChI=1S/C4H9NO.C3H6O.Au/c1-4(6)5(2)3;1-3(2)4;/h1-3H3;1-2H3;. The van der Waals surface area contributed by atoms with Crippen LogP contribution >= 0.6 is 0 Å². The van der Waals surface area contributed by atoms with Crippen LogP contribution in [0.15, 0.2) is 0 Å². The predicted molar refractivity (Wildman–Crippen MR) is 40.7 cm³/mol. The maximum Gasteiger partial charge on any atom is 0.218 e. The Hall–Kier alpha value is -0.120. The fourth-order valence-electron chi connectivity index (χ4n) is 0. The van der Waals surface area contributed by atoms with Crippen LogP contribution in [0.4, 0.5) is 0 Å². The van der Waals surface area contributed by atoms with Crippen LogP contribution in [-0.2, 0) is 32.0 Å². The van der Waals surface area contributed by atoms with E-state index >= 15 is 0 Å². The average molecular weight is 342 g/mol. The van der Waals surface area contributed by atoms with E-state index < -0.39 is 0 Å². The minimum atomic E-state index is 0. The number of nitrogens with zero attached hydrogens (tertiary/aromatic N) is 1. The minimum absolute atomic E-state index is 0. The Morgan fingerprint density at radius 3 is 1.09 bits per heavy atom. The second-order valence-corrected chi connectivity index (χ2v) is 2.32. The summed E-state index contributed by atoms with van der Waals surface area (Å²) in [5.74, 6) is 0.259. The zero-order chi connectivity index (χ0) is 8.73. The Balaban J connectivity index is -0.000000114. The summed E-state index contributed by atoms with van der Waals surface area (Å²) in [5.41, 5.74) is 0. The first-order valence-electron chi connectivity index (χ1n) is 3.03. The van der Waals surface area contributed by atoms with Crippen molar-refractivity contribution in [1.82, 2.24) is 4.90 Å². The van der Waals surface area contributed by atoms with Crippen LogP contribution in [0, 0.1) is 0 Å².